The summed E-state index contributed by atoms with van der Waals surface area (Å²) in [5.41, 5.74) is 1.19. The minimum Gasteiger partial charge on any atom is -0.497 e. The first-order chi connectivity index (χ1) is 15.8. The van der Waals surface area contributed by atoms with Crippen LogP contribution in [-0.4, -0.2) is 68.9 Å². The lowest BCUT2D eigenvalue weighted by Crippen LogP contribution is -2.56. The van der Waals surface area contributed by atoms with Gasteiger partial charge < -0.3 is 14.6 Å². The van der Waals surface area contributed by atoms with Gasteiger partial charge in [0, 0.05) is 31.5 Å². The monoisotopic (exact) mass is 453 g/mol. The van der Waals surface area contributed by atoms with Crippen molar-refractivity contribution in [2.45, 2.75) is 58.7 Å². The number of ether oxygens (including phenoxy) is 1. The van der Waals surface area contributed by atoms with Gasteiger partial charge in [-0.3, -0.25) is 14.6 Å². The van der Waals surface area contributed by atoms with E-state index in [1.165, 1.54) is 4.90 Å². The van der Waals surface area contributed by atoms with Gasteiger partial charge in [0.15, 0.2) is 0 Å². The van der Waals surface area contributed by atoms with E-state index in [1.54, 1.807) is 7.11 Å². The molecule has 1 N–H and O–H groups in total. The molecule has 4 rings (SSSR count). The van der Waals surface area contributed by atoms with E-state index in [4.69, 9.17) is 4.74 Å². The van der Waals surface area contributed by atoms with Crippen LogP contribution in [0.2, 0.25) is 0 Å². The summed E-state index contributed by atoms with van der Waals surface area (Å²) in [4.78, 5) is 40.6. The fourth-order valence-electron chi connectivity index (χ4n) is 4.90. The van der Waals surface area contributed by atoms with Gasteiger partial charge >= 0.3 is 6.03 Å². The minimum absolute atomic E-state index is 0.0624. The number of H-pyrrole nitrogens is 1. The topological polar surface area (TPSA) is 81.8 Å². The highest BCUT2D eigenvalue weighted by atomic mass is 16.5. The number of hydrogen-bond acceptors (Lipinski definition) is 5. The smallest absolute Gasteiger partial charge is 0.327 e. The van der Waals surface area contributed by atoms with Gasteiger partial charge in [0.1, 0.15) is 17.1 Å². The quantitative estimate of drug-likeness (QED) is 0.618. The molecule has 0 unspecified atom stereocenters. The minimum atomic E-state index is -0.750. The predicted molar refractivity (Wildman–Crippen MR) is 126 cm³/mol. The molecular formula is C25H35N5O3. The molecule has 178 valence electrons. The second-order valence-electron chi connectivity index (χ2n) is 9.68. The van der Waals surface area contributed by atoms with Crippen molar-refractivity contribution in [1.29, 1.82) is 0 Å². The zero-order valence-electron chi connectivity index (χ0n) is 20.1. The highest BCUT2D eigenvalue weighted by molar-refractivity contribution is 6.07. The number of hydrogen-bond donors (Lipinski definition) is 1. The van der Waals surface area contributed by atoms with Crippen LogP contribution in [0.3, 0.4) is 0 Å². The number of piperidine rings is 1. The standard InChI is InChI=1S/C25H35N5O3/c1-18(2)8-11-30-24(32)29(16-20-6-5-7-21(14-20)33-4)23(31)25(30)9-12-28(13-10-25)17-22-26-15-19(3)27-22/h5-7,14-15,18H,8-13,16-17H2,1-4H3,(H,26,27). The zero-order chi connectivity index (χ0) is 23.6. The van der Waals surface area contributed by atoms with Crippen molar-refractivity contribution < 1.29 is 14.3 Å². The van der Waals surface area contributed by atoms with Crippen LogP contribution < -0.4 is 4.74 Å². The molecule has 2 aliphatic heterocycles. The third-order valence-corrected chi connectivity index (χ3v) is 6.84. The number of amides is 3. The second kappa shape index (κ2) is 9.55. The highest BCUT2D eigenvalue weighted by Crippen LogP contribution is 2.38. The Hall–Kier alpha value is -2.87. The van der Waals surface area contributed by atoms with Gasteiger partial charge in [-0.15, -0.1) is 0 Å². The molecule has 0 saturated carbocycles. The Bertz CT molecular complexity index is 993. The fraction of sp³-hybridized carbons (Fsp3) is 0.560. The Morgan fingerprint density at radius 1 is 1.18 bits per heavy atom. The van der Waals surface area contributed by atoms with E-state index in [1.807, 2.05) is 42.3 Å². The molecule has 2 saturated heterocycles. The lowest BCUT2D eigenvalue weighted by molar-refractivity contribution is -0.136. The van der Waals surface area contributed by atoms with Crippen LogP contribution in [0.25, 0.3) is 0 Å². The molecule has 2 fully saturated rings. The number of carbonyl (C=O) groups is 2. The molecule has 0 aliphatic carbocycles. The van der Waals surface area contributed by atoms with Crippen molar-refractivity contribution in [3.63, 3.8) is 0 Å². The maximum Gasteiger partial charge on any atom is 0.327 e. The Labute approximate surface area is 195 Å². The number of urea groups is 1. The van der Waals surface area contributed by atoms with Crippen molar-refractivity contribution >= 4 is 11.9 Å². The summed E-state index contributed by atoms with van der Waals surface area (Å²) in [6.45, 7) is 9.40. The molecule has 1 spiro atoms. The lowest BCUT2D eigenvalue weighted by Gasteiger charge is -2.42. The second-order valence-corrected chi connectivity index (χ2v) is 9.68. The molecule has 3 heterocycles. The molecule has 0 atom stereocenters. The first-order valence-electron chi connectivity index (χ1n) is 11.8. The summed E-state index contributed by atoms with van der Waals surface area (Å²) >= 11 is 0. The van der Waals surface area contributed by atoms with Crippen molar-refractivity contribution in [1.82, 2.24) is 24.7 Å². The molecule has 2 aliphatic rings. The molecule has 8 nitrogen and oxygen atoms in total. The van der Waals surface area contributed by atoms with Crippen LogP contribution in [0.1, 0.15) is 50.2 Å². The maximum absolute atomic E-state index is 13.8. The third-order valence-electron chi connectivity index (χ3n) is 6.84. The Morgan fingerprint density at radius 2 is 1.94 bits per heavy atom. The summed E-state index contributed by atoms with van der Waals surface area (Å²) in [5, 5.41) is 0. The Kier molecular flexibility index (Phi) is 6.74. The van der Waals surface area contributed by atoms with Crippen molar-refractivity contribution in [3.05, 3.63) is 47.5 Å². The number of imidazole rings is 1. The van der Waals surface area contributed by atoms with E-state index < -0.39 is 5.54 Å². The van der Waals surface area contributed by atoms with Crippen LogP contribution in [-0.2, 0) is 17.9 Å². The predicted octanol–water partition coefficient (Wildman–Crippen LogP) is 3.57. The van der Waals surface area contributed by atoms with Gasteiger partial charge in [-0.25, -0.2) is 9.78 Å². The van der Waals surface area contributed by atoms with E-state index in [-0.39, 0.29) is 18.5 Å². The van der Waals surface area contributed by atoms with Gasteiger partial charge in [-0.1, -0.05) is 26.0 Å². The number of aryl methyl sites for hydroxylation is 1. The summed E-state index contributed by atoms with van der Waals surface area (Å²) in [6, 6.07) is 7.40. The maximum atomic E-state index is 13.8. The molecular weight excluding hydrogens is 418 g/mol. The largest absolute Gasteiger partial charge is 0.497 e. The molecule has 0 radical (unpaired) electrons. The van der Waals surface area contributed by atoms with E-state index >= 15 is 0 Å². The van der Waals surface area contributed by atoms with Crippen LogP contribution in [0.4, 0.5) is 4.79 Å². The zero-order valence-corrected chi connectivity index (χ0v) is 20.1. The van der Waals surface area contributed by atoms with Crippen LogP contribution in [0, 0.1) is 12.8 Å². The highest BCUT2D eigenvalue weighted by Gasteiger charge is 2.57. The molecule has 3 amide bonds. The average molecular weight is 454 g/mol. The van der Waals surface area contributed by atoms with Gasteiger partial charge in [0.25, 0.3) is 5.91 Å². The number of carbonyl (C=O) groups excluding carboxylic acids is 2. The van der Waals surface area contributed by atoms with E-state index in [0.29, 0.717) is 25.3 Å². The van der Waals surface area contributed by atoms with Gasteiger partial charge in [-0.2, -0.15) is 0 Å². The number of aromatic amines is 1. The first-order valence-corrected chi connectivity index (χ1v) is 11.8. The number of aromatic nitrogens is 2. The number of likely N-dealkylation sites (tertiary alicyclic amines) is 1. The fourth-order valence-corrected chi connectivity index (χ4v) is 4.90. The summed E-state index contributed by atoms with van der Waals surface area (Å²) in [6.07, 6.45) is 4.00. The normalized spacial score (nSPS) is 18.7. The molecule has 8 heteroatoms. The average Bonchev–Trinajstić information content (AvgIpc) is 3.29. The Balaban J connectivity index is 1.52. The summed E-state index contributed by atoms with van der Waals surface area (Å²) in [5.74, 6) is 2.06. The number of imide groups is 1. The molecule has 0 bridgehead atoms. The van der Waals surface area contributed by atoms with E-state index in [0.717, 1.165) is 48.9 Å². The Morgan fingerprint density at radius 3 is 2.58 bits per heavy atom. The van der Waals surface area contributed by atoms with Crippen molar-refractivity contribution in [3.8, 4) is 5.75 Å². The molecule has 33 heavy (non-hydrogen) atoms. The number of nitrogens with one attached hydrogen (secondary N) is 1. The summed E-state index contributed by atoms with van der Waals surface area (Å²) < 4.78 is 5.32. The number of methoxy groups -OCH3 is 1. The third kappa shape index (κ3) is 4.76. The van der Waals surface area contributed by atoms with E-state index in [2.05, 4.69) is 28.7 Å². The number of benzene rings is 1. The first kappa shape index (κ1) is 23.3. The van der Waals surface area contributed by atoms with Crippen molar-refractivity contribution in [2.24, 2.45) is 5.92 Å². The molecule has 1 aromatic heterocycles. The van der Waals surface area contributed by atoms with Gasteiger partial charge in [0.2, 0.25) is 0 Å². The van der Waals surface area contributed by atoms with Gasteiger partial charge in [0.05, 0.1) is 20.2 Å². The van der Waals surface area contributed by atoms with Crippen LogP contribution in [0.15, 0.2) is 30.5 Å². The van der Waals surface area contributed by atoms with Crippen LogP contribution in [0.5, 0.6) is 5.75 Å². The lowest BCUT2D eigenvalue weighted by atomic mass is 9.85. The van der Waals surface area contributed by atoms with E-state index in [9.17, 15) is 9.59 Å². The molecule has 1 aromatic carbocycles. The van der Waals surface area contributed by atoms with Gasteiger partial charge in [-0.05, 0) is 49.8 Å². The summed E-state index contributed by atoms with van der Waals surface area (Å²) in [7, 11) is 1.62. The number of rotatable bonds is 8. The van der Waals surface area contributed by atoms with Crippen molar-refractivity contribution in [2.75, 3.05) is 26.7 Å². The molecule has 2 aromatic rings. The number of nitrogens with zero attached hydrogens (tertiary/aromatic N) is 4. The van der Waals surface area contributed by atoms with Crippen LogP contribution >= 0.6 is 0 Å². The SMILES string of the molecule is COc1cccc(CN2C(=O)N(CCC(C)C)C3(CCN(Cc4ncc(C)[nH]4)CC3)C2=O)c1.